The van der Waals surface area contributed by atoms with Gasteiger partial charge in [-0.05, 0) is 78.9 Å². The molecule has 5 rings (SSSR count). The molecule has 2 aliphatic rings. The first kappa shape index (κ1) is 26.3. The van der Waals surface area contributed by atoms with Crippen LogP contribution < -0.4 is 5.73 Å². The Morgan fingerprint density at radius 2 is 1.71 bits per heavy atom. The van der Waals surface area contributed by atoms with Crippen LogP contribution in [0.15, 0.2) is 47.5 Å². The van der Waals surface area contributed by atoms with Crippen molar-refractivity contribution in [1.82, 2.24) is 14.7 Å². The number of carbonyl (C=O) groups is 2. The summed E-state index contributed by atoms with van der Waals surface area (Å²) >= 11 is 0.792. The highest BCUT2D eigenvalue weighted by Gasteiger charge is 2.48. The van der Waals surface area contributed by atoms with Gasteiger partial charge in [-0.2, -0.15) is 31.4 Å². The van der Waals surface area contributed by atoms with E-state index in [9.17, 15) is 35.9 Å². The minimum absolute atomic E-state index is 0.100. The van der Waals surface area contributed by atoms with Gasteiger partial charge in [-0.1, -0.05) is 12.1 Å². The van der Waals surface area contributed by atoms with Gasteiger partial charge in [-0.25, -0.2) is 4.90 Å². The maximum atomic E-state index is 13.5. The van der Waals surface area contributed by atoms with Gasteiger partial charge >= 0.3 is 12.4 Å². The number of carbonyl (C=O) groups excluding carboxylic acids is 2. The number of amides is 2. The van der Waals surface area contributed by atoms with Crippen molar-refractivity contribution < 1.29 is 35.9 Å². The average Bonchev–Trinajstić information content (AvgIpc) is 3.51. The predicted molar refractivity (Wildman–Crippen MR) is 128 cm³/mol. The molecule has 1 aliphatic heterocycles. The van der Waals surface area contributed by atoms with Gasteiger partial charge in [0.1, 0.15) is 0 Å². The van der Waals surface area contributed by atoms with Crippen LogP contribution in [0.5, 0.6) is 0 Å². The van der Waals surface area contributed by atoms with E-state index < -0.39 is 46.8 Å². The van der Waals surface area contributed by atoms with Crippen molar-refractivity contribution in [2.75, 3.05) is 0 Å². The molecule has 2 heterocycles. The summed E-state index contributed by atoms with van der Waals surface area (Å²) in [6, 6.07) is 6.36. The molecule has 0 unspecified atom stereocenters. The molecule has 2 N–H and O–H groups in total. The van der Waals surface area contributed by atoms with E-state index in [-0.39, 0.29) is 16.5 Å². The molecule has 0 spiro atoms. The summed E-state index contributed by atoms with van der Waals surface area (Å²) in [5.41, 5.74) is 3.19. The standard InChI is InChI=1S/C25H20F6N4O2S/c26-24(27,28)17-5-4-15(18(11-17)25(29,30)31)13-34-19-6-3-14(9-16(19)12-33-34)10-20-21(36)35(22(37)38-20)23(32)7-1-2-8-23/h3-6,9-12H,1-2,7-8,13,32H2/b20-10-. The van der Waals surface area contributed by atoms with Crippen molar-refractivity contribution in [3.63, 3.8) is 0 Å². The molecular weight excluding hydrogens is 534 g/mol. The van der Waals surface area contributed by atoms with Crippen molar-refractivity contribution in [3.05, 3.63) is 69.8 Å². The van der Waals surface area contributed by atoms with E-state index >= 15 is 0 Å². The minimum Gasteiger partial charge on any atom is -0.308 e. The van der Waals surface area contributed by atoms with Gasteiger partial charge in [-0.3, -0.25) is 14.3 Å². The van der Waals surface area contributed by atoms with Crippen molar-refractivity contribution in [3.8, 4) is 0 Å². The van der Waals surface area contributed by atoms with Gasteiger partial charge in [0.2, 0.25) is 0 Å². The molecule has 3 aromatic rings. The lowest BCUT2D eigenvalue weighted by molar-refractivity contribution is -0.143. The van der Waals surface area contributed by atoms with Crippen molar-refractivity contribution in [2.45, 2.75) is 50.2 Å². The maximum Gasteiger partial charge on any atom is 0.416 e. The van der Waals surface area contributed by atoms with Gasteiger partial charge in [-0.15, -0.1) is 0 Å². The van der Waals surface area contributed by atoms with Gasteiger partial charge in [0.05, 0.1) is 40.0 Å². The third-order valence-corrected chi connectivity index (χ3v) is 7.60. The minimum atomic E-state index is -4.99. The summed E-state index contributed by atoms with van der Waals surface area (Å²) in [7, 11) is 0. The molecule has 1 saturated carbocycles. The van der Waals surface area contributed by atoms with Crippen molar-refractivity contribution >= 4 is 39.9 Å². The number of fused-ring (bicyclic) bond motifs is 1. The number of imide groups is 1. The highest BCUT2D eigenvalue weighted by molar-refractivity contribution is 8.18. The van der Waals surface area contributed by atoms with Gasteiger partial charge in [0, 0.05) is 5.39 Å². The summed E-state index contributed by atoms with van der Waals surface area (Å²) in [4.78, 5) is 26.8. The van der Waals surface area contributed by atoms with Crippen LogP contribution in [-0.4, -0.2) is 31.5 Å². The summed E-state index contributed by atoms with van der Waals surface area (Å²) < 4.78 is 80.8. The summed E-state index contributed by atoms with van der Waals surface area (Å²) in [5, 5.41) is 4.21. The van der Waals surface area contributed by atoms with Crippen LogP contribution >= 0.6 is 11.8 Å². The van der Waals surface area contributed by atoms with E-state index in [0.717, 1.165) is 35.6 Å². The predicted octanol–water partition coefficient (Wildman–Crippen LogP) is 6.39. The van der Waals surface area contributed by atoms with E-state index in [1.165, 1.54) is 17.0 Å². The van der Waals surface area contributed by atoms with Crippen LogP contribution in [0.4, 0.5) is 31.1 Å². The highest BCUT2D eigenvalue weighted by Crippen LogP contribution is 2.41. The molecule has 2 amide bonds. The fraction of sp³-hybridized carbons (Fsp3) is 0.320. The quantitative estimate of drug-likeness (QED) is 0.299. The van der Waals surface area contributed by atoms with Gasteiger partial charge in [0.25, 0.3) is 11.1 Å². The Bertz CT molecular complexity index is 1470. The van der Waals surface area contributed by atoms with E-state index in [2.05, 4.69) is 5.10 Å². The second-order valence-electron chi connectivity index (χ2n) is 9.32. The summed E-state index contributed by atoms with van der Waals surface area (Å²) in [5.74, 6) is -0.470. The van der Waals surface area contributed by atoms with E-state index in [0.29, 0.717) is 35.4 Å². The molecule has 1 aromatic heterocycles. The van der Waals surface area contributed by atoms with Gasteiger partial charge < -0.3 is 5.73 Å². The molecule has 0 atom stereocenters. The molecule has 1 aliphatic carbocycles. The van der Waals surface area contributed by atoms with Crippen LogP contribution in [0, 0.1) is 0 Å². The van der Waals surface area contributed by atoms with Gasteiger partial charge in [0.15, 0.2) is 0 Å². The molecule has 2 fully saturated rings. The molecule has 38 heavy (non-hydrogen) atoms. The number of nitrogens with zero attached hydrogens (tertiary/aromatic N) is 3. The third kappa shape index (κ3) is 4.80. The smallest absolute Gasteiger partial charge is 0.308 e. The first-order valence-corrected chi connectivity index (χ1v) is 12.4. The molecule has 0 bridgehead atoms. The largest absolute Gasteiger partial charge is 0.416 e. The number of aromatic nitrogens is 2. The van der Waals surface area contributed by atoms with Crippen LogP contribution in [-0.2, 0) is 23.7 Å². The number of benzene rings is 2. The van der Waals surface area contributed by atoms with Crippen LogP contribution in [0.3, 0.4) is 0 Å². The zero-order valence-corrected chi connectivity index (χ0v) is 20.4. The molecule has 13 heteroatoms. The number of hydrogen-bond donors (Lipinski definition) is 1. The number of halogens is 6. The molecule has 0 radical (unpaired) electrons. The number of thioether (sulfide) groups is 1. The van der Waals surface area contributed by atoms with Crippen LogP contribution in [0.25, 0.3) is 17.0 Å². The molecule has 2 aromatic carbocycles. The Labute approximate surface area is 216 Å². The maximum absolute atomic E-state index is 13.5. The van der Waals surface area contributed by atoms with Crippen molar-refractivity contribution in [2.24, 2.45) is 5.73 Å². The summed E-state index contributed by atoms with van der Waals surface area (Å²) in [6.45, 7) is -0.409. The Morgan fingerprint density at radius 1 is 1.00 bits per heavy atom. The lowest BCUT2D eigenvalue weighted by Gasteiger charge is -2.32. The Morgan fingerprint density at radius 3 is 2.37 bits per heavy atom. The molecule has 200 valence electrons. The summed E-state index contributed by atoms with van der Waals surface area (Å²) in [6.07, 6.45) is -4.22. The van der Waals surface area contributed by atoms with Crippen LogP contribution in [0.1, 0.15) is 47.9 Å². The second kappa shape index (κ2) is 9.16. The topological polar surface area (TPSA) is 81.2 Å². The first-order valence-electron chi connectivity index (χ1n) is 11.6. The average molecular weight is 555 g/mol. The van der Waals surface area contributed by atoms with Crippen molar-refractivity contribution in [1.29, 1.82) is 0 Å². The van der Waals surface area contributed by atoms with E-state index in [4.69, 9.17) is 5.73 Å². The fourth-order valence-electron chi connectivity index (χ4n) is 4.85. The Balaban J connectivity index is 1.42. The zero-order chi connectivity index (χ0) is 27.5. The highest BCUT2D eigenvalue weighted by atomic mass is 32.2. The Kier molecular flexibility index (Phi) is 6.33. The monoisotopic (exact) mass is 554 g/mol. The van der Waals surface area contributed by atoms with E-state index in [1.54, 1.807) is 18.2 Å². The van der Waals surface area contributed by atoms with Crippen LogP contribution in [0.2, 0.25) is 0 Å². The molecule has 1 saturated heterocycles. The number of hydrogen-bond acceptors (Lipinski definition) is 5. The fourth-order valence-corrected chi connectivity index (χ4v) is 5.77. The number of alkyl halides is 6. The number of rotatable bonds is 4. The Hall–Kier alpha value is -3.32. The third-order valence-electron chi connectivity index (χ3n) is 6.73. The molecular formula is C25H20F6N4O2S. The number of nitrogens with two attached hydrogens (primary N) is 1. The SMILES string of the molecule is NC1(N2C(=O)S/C(=C\c3ccc4c(cnn4Cc4ccc(C(F)(F)F)cc4C(F)(F)F)c3)C2=O)CCCC1. The second-order valence-corrected chi connectivity index (χ2v) is 10.3. The van der Waals surface area contributed by atoms with E-state index in [1.807, 2.05) is 0 Å². The normalized spacial score (nSPS) is 19.3. The lowest BCUT2D eigenvalue weighted by Crippen LogP contribution is -2.55. The zero-order valence-electron chi connectivity index (χ0n) is 19.6. The molecule has 6 nitrogen and oxygen atoms in total. The lowest BCUT2D eigenvalue weighted by atomic mass is 10.0. The first-order chi connectivity index (χ1) is 17.8.